The predicted octanol–water partition coefficient (Wildman–Crippen LogP) is 2.59. The van der Waals surface area contributed by atoms with E-state index in [4.69, 9.17) is 0 Å². The summed E-state index contributed by atoms with van der Waals surface area (Å²) in [5.74, 6) is 0.0186. The number of halogens is 1. The second kappa shape index (κ2) is 4.86. The fourth-order valence-electron chi connectivity index (χ4n) is 2.67. The van der Waals surface area contributed by atoms with Crippen molar-refractivity contribution >= 4 is 17.0 Å². The Morgan fingerprint density at radius 2 is 1.71 bits per heavy atom. The van der Waals surface area contributed by atoms with Crippen molar-refractivity contribution in [1.82, 2.24) is 4.90 Å². The van der Waals surface area contributed by atoms with Crippen molar-refractivity contribution in [2.75, 3.05) is 6.54 Å². The molecule has 1 fully saturated rings. The predicted molar refractivity (Wildman–Crippen MR) is 71.8 cm³/mol. The number of phenolic OH excluding ortho intramolecular Hbond substituents is 2. The molecule has 0 atom stereocenters. The van der Waals surface area contributed by atoms with Gasteiger partial charge in [0.25, 0.3) is 0 Å². The smallest absolute Gasteiger partial charge is 0.157 e. The van der Waals surface area contributed by atoms with Gasteiger partial charge in [-0.05, 0) is 42.5 Å². The molecule has 1 aromatic rings. The van der Waals surface area contributed by atoms with E-state index in [2.05, 4.69) is 4.90 Å². The van der Waals surface area contributed by atoms with Gasteiger partial charge in [0.05, 0.1) is 0 Å². The first-order chi connectivity index (χ1) is 7.74. The summed E-state index contributed by atoms with van der Waals surface area (Å²) in [4.78, 5) is 2.50. The van der Waals surface area contributed by atoms with Crippen molar-refractivity contribution in [3.05, 3.63) is 23.3 Å². The van der Waals surface area contributed by atoms with E-state index in [0.717, 1.165) is 25.6 Å². The molecule has 4 heteroatoms. The van der Waals surface area contributed by atoms with Crippen molar-refractivity contribution in [1.29, 1.82) is 0 Å². The Bertz CT molecular complexity index is 418. The number of benzene rings is 1. The van der Waals surface area contributed by atoms with Crippen LogP contribution in [0.4, 0.5) is 0 Å². The molecule has 0 spiro atoms. The van der Waals surface area contributed by atoms with Crippen molar-refractivity contribution < 1.29 is 10.2 Å². The maximum Gasteiger partial charge on any atom is 0.157 e. The number of rotatable bonds is 1. The summed E-state index contributed by atoms with van der Waals surface area (Å²) in [6.45, 7) is 2.01. The van der Waals surface area contributed by atoms with Crippen LogP contribution in [0.25, 0.3) is 0 Å². The molecule has 0 saturated heterocycles. The number of fused-ring (bicyclic) bond motifs is 1. The highest BCUT2D eigenvalue weighted by atomic mass is 79.9. The van der Waals surface area contributed by atoms with Crippen LogP contribution in [0.1, 0.15) is 30.4 Å². The third-order valence-corrected chi connectivity index (χ3v) is 3.93. The number of hydrogen-bond acceptors (Lipinski definition) is 3. The molecule has 3 rings (SSSR count). The maximum atomic E-state index is 9.50. The van der Waals surface area contributed by atoms with Crippen LogP contribution in [0.3, 0.4) is 0 Å². The van der Waals surface area contributed by atoms with Gasteiger partial charge < -0.3 is 10.2 Å². The monoisotopic (exact) mass is 299 g/mol. The summed E-state index contributed by atoms with van der Waals surface area (Å²) in [7, 11) is 0. The Morgan fingerprint density at radius 3 is 2.29 bits per heavy atom. The van der Waals surface area contributed by atoms with Gasteiger partial charge in [-0.1, -0.05) is 6.42 Å². The largest absolute Gasteiger partial charge is 0.504 e. The first-order valence-corrected chi connectivity index (χ1v) is 6.02. The van der Waals surface area contributed by atoms with Crippen LogP contribution in [-0.4, -0.2) is 27.7 Å². The van der Waals surface area contributed by atoms with Gasteiger partial charge in [-0.15, -0.1) is 17.0 Å². The zero-order chi connectivity index (χ0) is 11.1. The summed E-state index contributed by atoms with van der Waals surface area (Å²) < 4.78 is 0. The van der Waals surface area contributed by atoms with Crippen LogP contribution in [-0.2, 0) is 13.0 Å². The number of hydrogen-bond donors (Lipinski definition) is 2. The maximum absolute atomic E-state index is 9.50. The minimum Gasteiger partial charge on any atom is -0.504 e. The lowest BCUT2D eigenvalue weighted by Gasteiger charge is -2.40. The molecular weight excluding hydrogens is 282 g/mol. The lowest BCUT2D eigenvalue weighted by molar-refractivity contribution is 0.113. The van der Waals surface area contributed by atoms with Crippen LogP contribution in [0.5, 0.6) is 11.5 Å². The molecule has 0 amide bonds. The summed E-state index contributed by atoms with van der Waals surface area (Å²) >= 11 is 0. The summed E-state index contributed by atoms with van der Waals surface area (Å²) in [6, 6.07) is 4.18. The van der Waals surface area contributed by atoms with E-state index in [1.807, 2.05) is 0 Å². The van der Waals surface area contributed by atoms with Gasteiger partial charge in [0, 0.05) is 19.1 Å². The molecule has 1 aliphatic heterocycles. The second-order valence-corrected chi connectivity index (χ2v) is 4.91. The lowest BCUT2D eigenvalue weighted by Crippen LogP contribution is -2.42. The lowest BCUT2D eigenvalue weighted by atomic mass is 9.88. The van der Waals surface area contributed by atoms with Crippen LogP contribution in [0, 0.1) is 0 Å². The van der Waals surface area contributed by atoms with Gasteiger partial charge in [-0.25, -0.2) is 0 Å². The summed E-state index contributed by atoms with van der Waals surface area (Å²) in [5.41, 5.74) is 2.36. The van der Waals surface area contributed by atoms with E-state index in [-0.39, 0.29) is 28.5 Å². The van der Waals surface area contributed by atoms with Crippen LogP contribution in [0.2, 0.25) is 0 Å². The topological polar surface area (TPSA) is 43.7 Å². The molecule has 1 saturated carbocycles. The Hall–Kier alpha value is -0.740. The summed E-state index contributed by atoms with van der Waals surface area (Å²) in [6.07, 6.45) is 4.98. The van der Waals surface area contributed by atoms with Crippen molar-refractivity contribution in [3.8, 4) is 11.5 Å². The van der Waals surface area contributed by atoms with E-state index in [9.17, 15) is 10.2 Å². The molecule has 1 heterocycles. The molecule has 17 heavy (non-hydrogen) atoms. The fraction of sp³-hybridized carbons (Fsp3) is 0.538. The molecule has 0 radical (unpaired) electrons. The molecule has 2 aliphatic rings. The minimum atomic E-state index is 0. The van der Waals surface area contributed by atoms with E-state index in [1.54, 1.807) is 12.1 Å². The standard InChI is InChI=1S/C13H17NO2.BrH/c15-12-6-9-4-5-14(11-2-1-3-11)8-10(9)7-13(12)16;/h6-7,11,15-16H,1-5,8H2;1H. The first-order valence-electron chi connectivity index (χ1n) is 6.02. The Balaban J connectivity index is 0.00000108. The van der Waals surface area contributed by atoms with E-state index in [0.29, 0.717) is 0 Å². The molecule has 1 aliphatic carbocycles. The third-order valence-electron chi connectivity index (χ3n) is 3.93. The van der Waals surface area contributed by atoms with E-state index in [1.165, 1.54) is 30.4 Å². The molecule has 2 N–H and O–H groups in total. The van der Waals surface area contributed by atoms with Crippen molar-refractivity contribution in [3.63, 3.8) is 0 Å². The normalized spacial score (nSPS) is 20.2. The number of nitrogens with zero attached hydrogens (tertiary/aromatic N) is 1. The Kier molecular flexibility index (Phi) is 3.64. The van der Waals surface area contributed by atoms with Gasteiger partial charge in [-0.2, -0.15) is 0 Å². The quantitative estimate of drug-likeness (QED) is 0.784. The van der Waals surface area contributed by atoms with Crippen LogP contribution in [0.15, 0.2) is 12.1 Å². The van der Waals surface area contributed by atoms with Crippen LogP contribution < -0.4 is 0 Å². The molecule has 0 unspecified atom stereocenters. The van der Waals surface area contributed by atoms with Crippen molar-refractivity contribution in [2.24, 2.45) is 0 Å². The Morgan fingerprint density at radius 1 is 1.06 bits per heavy atom. The third kappa shape index (κ3) is 2.29. The molecule has 0 bridgehead atoms. The molecule has 94 valence electrons. The molecule has 1 aromatic carbocycles. The van der Waals surface area contributed by atoms with E-state index >= 15 is 0 Å². The van der Waals surface area contributed by atoms with Gasteiger partial charge in [0.15, 0.2) is 11.5 Å². The molecule has 0 aromatic heterocycles. The summed E-state index contributed by atoms with van der Waals surface area (Å²) in [5, 5.41) is 18.9. The zero-order valence-electron chi connectivity index (χ0n) is 9.72. The number of phenols is 2. The SMILES string of the molecule is Br.Oc1cc2c(cc1O)CN(C1CCC1)CC2. The molecular formula is C13H18BrNO2. The van der Waals surface area contributed by atoms with E-state index < -0.39 is 0 Å². The second-order valence-electron chi connectivity index (χ2n) is 4.91. The van der Waals surface area contributed by atoms with Crippen molar-refractivity contribution in [2.45, 2.75) is 38.3 Å². The first kappa shape index (κ1) is 12.7. The van der Waals surface area contributed by atoms with Gasteiger partial charge in [0.2, 0.25) is 0 Å². The highest BCUT2D eigenvalue weighted by Gasteiger charge is 2.28. The fourth-order valence-corrected chi connectivity index (χ4v) is 2.67. The average Bonchev–Trinajstić information content (AvgIpc) is 2.17. The number of aromatic hydroxyl groups is 2. The molecule has 3 nitrogen and oxygen atoms in total. The average molecular weight is 300 g/mol. The zero-order valence-corrected chi connectivity index (χ0v) is 11.4. The van der Waals surface area contributed by atoms with Crippen LogP contribution >= 0.6 is 17.0 Å². The van der Waals surface area contributed by atoms with Gasteiger partial charge in [-0.3, -0.25) is 4.90 Å². The van der Waals surface area contributed by atoms with Gasteiger partial charge in [0.1, 0.15) is 0 Å². The van der Waals surface area contributed by atoms with Gasteiger partial charge >= 0.3 is 0 Å². The highest BCUT2D eigenvalue weighted by Crippen LogP contribution is 2.34. The minimum absolute atomic E-state index is 0. The highest BCUT2D eigenvalue weighted by molar-refractivity contribution is 8.93. The Labute approximate surface area is 112 Å².